The van der Waals surface area contributed by atoms with Gasteiger partial charge in [0, 0.05) is 18.1 Å². The Balaban J connectivity index is 2.41. The molecule has 0 bridgehead atoms. The van der Waals surface area contributed by atoms with Crippen molar-refractivity contribution in [3.05, 3.63) is 22.5 Å². The lowest BCUT2D eigenvalue weighted by molar-refractivity contribution is 0.136. The van der Waals surface area contributed by atoms with Crippen LogP contribution in [0.15, 0.2) is 6.07 Å². The van der Waals surface area contributed by atoms with E-state index in [2.05, 4.69) is 4.84 Å². The van der Waals surface area contributed by atoms with Crippen LogP contribution >= 0.6 is 11.6 Å². The lowest BCUT2D eigenvalue weighted by atomic mass is 10.1. The average molecular weight is 248 g/mol. The van der Waals surface area contributed by atoms with Crippen molar-refractivity contribution in [1.82, 2.24) is 0 Å². The first-order valence-electron chi connectivity index (χ1n) is 4.82. The van der Waals surface area contributed by atoms with Crippen LogP contribution < -0.4 is 15.4 Å². The Morgan fingerprint density at radius 3 is 2.94 bits per heavy atom. The quantitative estimate of drug-likeness (QED) is 0.826. The number of hydrogen-bond acceptors (Lipinski definition) is 4. The topological polar surface area (TPSA) is 53.7 Å². The molecule has 0 amide bonds. The van der Waals surface area contributed by atoms with E-state index in [1.165, 1.54) is 6.07 Å². The van der Waals surface area contributed by atoms with Gasteiger partial charge in [-0.3, -0.25) is 0 Å². The van der Waals surface area contributed by atoms with Gasteiger partial charge in [0.25, 0.3) is 0 Å². The van der Waals surface area contributed by atoms with Gasteiger partial charge in [-0.1, -0.05) is 11.6 Å². The molecule has 0 spiro atoms. The minimum Gasteiger partial charge on any atom is -0.486 e. The van der Waals surface area contributed by atoms with E-state index in [4.69, 9.17) is 27.0 Å². The normalized spacial score (nSPS) is 13.9. The Labute approximate surface area is 97.0 Å². The van der Waals surface area contributed by atoms with Gasteiger partial charge in [0.2, 0.25) is 0 Å². The van der Waals surface area contributed by atoms with Crippen LogP contribution in [-0.4, -0.2) is 19.8 Å². The maximum Gasteiger partial charge on any atom is 0.167 e. The van der Waals surface area contributed by atoms with Gasteiger partial charge in [-0.25, -0.2) is 10.3 Å². The second-order valence-electron chi connectivity index (χ2n) is 3.30. The molecular formula is C10H11ClFNO3. The minimum absolute atomic E-state index is 0.0104. The van der Waals surface area contributed by atoms with Gasteiger partial charge >= 0.3 is 0 Å². The van der Waals surface area contributed by atoms with Crippen LogP contribution in [0.25, 0.3) is 0 Å². The third-order valence-corrected chi connectivity index (χ3v) is 2.56. The summed E-state index contributed by atoms with van der Waals surface area (Å²) in [7, 11) is 0. The summed E-state index contributed by atoms with van der Waals surface area (Å²) in [5.74, 6) is 5.26. The van der Waals surface area contributed by atoms with E-state index >= 15 is 0 Å². The molecule has 6 heteroatoms. The van der Waals surface area contributed by atoms with E-state index in [-0.39, 0.29) is 18.1 Å². The number of hydrogen-bond donors (Lipinski definition) is 1. The largest absolute Gasteiger partial charge is 0.486 e. The molecule has 0 radical (unpaired) electrons. The fourth-order valence-corrected chi connectivity index (χ4v) is 1.79. The Morgan fingerprint density at radius 2 is 2.19 bits per heavy atom. The molecule has 1 aliphatic heterocycles. The lowest BCUT2D eigenvalue weighted by Crippen LogP contribution is -2.18. The van der Waals surface area contributed by atoms with Gasteiger partial charge < -0.3 is 14.3 Å². The maximum atomic E-state index is 13.7. The van der Waals surface area contributed by atoms with Crippen molar-refractivity contribution < 1.29 is 18.7 Å². The summed E-state index contributed by atoms with van der Waals surface area (Å²) < 4.78 is 24.4. The number of ether oxygens (including phenoxy) is 2. The van der Waals surface area contributed by atoms with E-state index in [9.17, 15) is 4.39 Å². The molecule has 88 valence electrons. The zero-order valence-electron chi connectivity index (χ0n) is 8.46. The lowest BCUT2D eigenvalue weighted by Gasteiger charge is -2.22. The number of rotatable bonds is 3. The van der Waals surface area contributed by atoms with Crippen molar-refractivity contribution in [1.29, 1.82) is 0 Å². The predicted molar refractivity (Wildman–Crippen MR) is 56.2 cm³/mol. The van der Waals surface area contributed by atoms with Gasteiger partial charge in [-0.2, -0.15) is 0 Å². The highest BCUT2D eigenvalue weighted by molar-refractivity contribution is 6.31. The highest BCUT2D eigenvalue weighted by atomic mass is 35.5. The second kappa shape index (κ2) is 4.86. The summed E-state index contributed by atoms with van der Waals surface area (Å²) in [5, 5.41) is 0.0104. The molecular weight excluding hydrogens is 237 g/mol. The summed E-state index contributed by atoms with van der Waals surface area (Å²) in [4.78, 5) is 4.43. The van der Waals surface area contributed by atoms with Crippen molar-refractivity contribution in [3.8, 4) is 11.5 Å². The van der Waals surface area contributed by atoms with Crippen LogP contribution in [0, 0.1) is 5.82 Å². The Kier molecular flexibility index (Phi) is 3.48. The molecule has 1 heterocycles. The number of halogens is 2. The fraction of sp³-hybridized carbons (Fsp3) is 0.400. The third-order valence-electron chi connectivity index (χ3n) is 2.29. The van der Waals surface area contributed by atoms with Gasteiger partial charge in [-0.05, 0) is 0 Å². The molecule has 16 heavy (non-hydrogen) atoms. The standard InChI is InChI=1S/C10H11ClFNO3/c11-7-5-8-10(15-4-3-14-8)6(9(7)12)1-2-16-13/h5H,1-4,13H2. The van der Waals surface area contributed by atoms with Gasteiger partial charge in [0.1, 0.15) is 19.0 Å². The molecule has 0 saturated carbocycles. The fourth-order valence-electron chi connectivity index (χ4n) is 1.58. The molecule has 2 rings (SSSR count). The van der Waals surface area contributed by atoms with Crippen molar-refractivity contribution in [2.45, 2.75) is 6.42 Å². The van der Waals surface area contributed by atoms with Crippen molar-refractivity contribution >= 4 is 11.6 Å². The number of nitrogens with two attached hydrogens (primary N) is 1. The molecule has 0 atom stereocenters. The Morgan fingerprint density at radius 1 is 1.44 bits per heavy atom. The summed E-state index contributed by atoms with van der Waals surface area (Å²) in [6.07, 6.45) is 0.286. The van der Waals surface area contributed by atoms with Gasteiger partial charge in [0.05, 0.1) is 11.6 Å². The van der Waals surface area contributed by atoms with Gasteiger partial charge in [0.15, 0.2) is 11.5 Å². The van der Waals surface area contributed by atoms with Crippen molar-refractivity contribution in [3.63, 3.8) is 0 Å². The molecule has 0 saturated heterocycles. The molecule has 1 aromatic rings. The third kappa shape index (κ3) is 2.07. The number of fused-ring (bicyclic) bond motifs is 1. The zero-order valence-corrected chi connectivity index (χ0v) is 9.22. The highest BCUT2D eigenvalue weighted by Crippen LogP contribution is 2.39. The van der Waals surface area contributed by atoms with Gasteiger partial charge in [-0.15, -0.1) is 0 Å². The van der Waals surface area contributed by atoms with Crippen LogP contribution in [0.4, 0.5) is 4.39 Å². The van der Waals surface area contributed by atoms with Crippen LogP contribution in [0.3, 0.4) is 0 Å². The van der Waals surface area contributed by atoms with Crippen molar-refractivity contribution in [2.24, 2.45) is 5.90 Å². The van der Waals surface area contributed by atoms with Crippen molar-refractivity contribution in [2.75, 3.05) is 19.8 Å². The highest BCUT2D eigenvalue weighted by Gasteiger charge is 2.22. The molecule has 0 fully saturated rings. The first kappa shape index (κ1) is 11.4. The van der Waals surface area contributed by atoms with Crippen LogP contribution in [0.1, 0.15) is 5.56 Å². The van der Waals surface area contributed by atoms with Crippen LogP contribution in [0.5, 0.6) is 11.5 Å². The van der Waals surface area contributed by atoms with E-state index in [0.717, 1.165) is 0 Å². The SMILES string of the molecule is NOCCc1c(F)c(Cl)cc2c1OCCO2. The summed E-state index contributed by atoms with van der Waals surface area (Å²) in [6, 6.07) is 1.41. The Bertz CT molecular complexity index is 400. The monoisotopic (exact) mass is 247 g/mol. The van der Waals surface area contributed by atoms with E-state index in [0.29, 0.717) is 30.3 Å². The first-order valence-corrected chi connectivity index (χ1v) is 5.20. The predicted octanol–water partition coefficient (Wildman–Crippen LogP) is 1.68. The minimum atomic E-state index is -0.511. The Hall–Kier alpha value is -1.04. The number of benzene rings is 1. The molecule has 1 aromatic carbocycles. The van der Waals surface area contributed by atoms with Crippen LogP contribution in [0.2, 0.25) is 5.02 Å². The maximum absolute atomic E-state index is 13.7. The summed E-state index contributed by atoms with van der Waals surface area (Å²) in [5.41, 5.74) is 0.340. The zero-order chi connectivity index (χ0) is 11.5. The van der Waals surface area contributed by atoms with E-state index in [1.807, 2.05) is 0 Å². The molecule has 0 unspecified atom stereocenters. The molecule has 0 aromatic heterocycles. The average Bonchev–Trinajstić information content (AvgIpc) is 2.30. The second-order valence-corrected chi connectivity index (χ2v) is 3.70. The summed E-state index contributed by atoms with van der Waals surface area (Å²) >= 11 is 5.75. The molecule has 1 aliphatic rings. The summed E-state index contributed by atoms with van der Waals surface area (Å²) in [6.45, 7) is 1.01. The van der Waals surface area contributed by atoms with Crippen LogP contribution in [-0.2, 0) is 11.3 Å². The van der Waals surface area contributed by atoms with E-state index in [1.54, 1.807) is 0 Å². The molecule has 4 nitrogen and oxygen atoms in total. The smallest absolute Gasteiger partial charge is 0.167 e. The van der Waals surface area contributed by atoms with E-state index < -0.39 is 5.82 Å². The molecule has 2 N–H and O–H groups in total. The molecule has 0 aliphatic carbocycles. The first-order chi connectivity index (χ1) is 7.74.